The van der Waals surface area contributed by atoms with E-state index in [1.165, 1.54) is 6.92 Å². The summed E-state index contributed by atoms with van der Waals surface area (Å²) in [5.41, 5.74) is 0.894. The molecule has 1 rings (SSSR count). The number of aromatic amines is 1. The minimum atomic E-state index is -0.675. The molecule has 12 heavy (non-hydrogen) atoms. The third-order valence-corrected chi connectivity index (χ3v) is 1.86. The molecule has 0 saturated heterocycles. The highest BCUT2D eigenvalue weighted by Gasteiger charge is 2.11. The van der Waals surface area contributed by atoms with Crippen molar-refractivity contribution in [3.8, 4) is 5.75 Å². The fraction of sp³-hybridized carbons (Fsp3) is 0.167. The summed E-state index contributed by atoms with van der Waals surface area (Å²) < 4.78 is 0. The average molecular weight is 191 g/mol. The predicted octanol–water partition coefficient (Wildman–Crippen LogP) is 0.843. The lowest BCUT2D eigenvalue weighted by Crippen LogP contribution is -2.13. The molecule has 1 aromatic heterocycles. The lowest BCUT2D eigenvalue weighted by Gasteiger charge is -2.05. The van der Waals surface area contributed by atoms with Crippen LogP contribution in [0.25, 0.3) is 0 Å². The first-order valence-electron chi connectivity index (χ1n) is 3.09. The first-order valence-corrected chi connectivity index (χ1v) is 3.47. The number of hydrogen-bond donors (Lipinski definition) is 4. The molecule has 66 valence electrons. The van der Waals surface area contributed by atoms with Crippen LogP contribution in [0.1, 0.15) is 5.56 Å². The van der Waals surface area contributed by atoms with Gasteiger partial charge in [0.25, 0.3) is 5.56 Å². The molecule has 0 aliphatic heterocycles. The number of aromatic hydroxyl groups is 1. The molecule has 0 amide bonds. The van der Waals surface area contributed by atoms with Gasteiger partial charge in [-0.3, -0.25) is 15.5 Å². The van der Waals surface area contributed by atoms with Gasteiger partial charge in [0, 0.05) is 5.56 Å². The maximum Gasteiger partial charge on any atom is 0.278 e. The second-order valence-electron chi connectivity index (χ2n) is 2.23. The van der Waals surface area contributed by atoms with Crippen LogP contribution in [0.3, 0.4) is 0 Å². The van der Waals surface area contributed by atoms with Gasteiger partial charge in [-0.2, -0.15) is 0 Å². The summed E-state index contributed by atoms with van der Waals surface area (Å²) in [6.45, 7) is 1.51. The van der Waals surface area contributed by atoms with E-state index in [9.17, 15) is 9.90 Å². The third kappa shape index (κ3) is 1.24. The molecule has 0 radical (unpaired) electrons. The zero-order valence-corrected chi connectivity index (χ0v) is 6.94. The van der Waals surface area contributed by atoms with Gasteiger partial charge in [-0.15, -0.1) is 0 Å². The van der Waals surface area contributed by atoms with Crippen LogP contribution in [0.4, 0.5) is 5.69 Å². The monoisotopic (exact) mass is 190 g/mol. The fourth-order valence-corrected chi connectivity index (χ4v) is 0.934. The summed E-state index contributed by atoms with van der Waals surface area (Å²) in [6.07, 6.45) is 0. The van der Waals surface area contributed by atoms with Crippen molar-refractivity contribution in [2.75, 3.05) is 5.48 Å². The Labute approximate surface area is 72.6 Å². The van der Waals surface area contributed by atoms with E-state index in [1.54, 1.807) is 5.48 Å². The molecular formula is C6H7ClN2O3. The van der Waals surface area contributed by atoms with Gasteiger partial charge in [0.05, 0.1) is 0 Å². The molecule has 0 aliphatic rings. The number of hydrogen-bond acceptors (Lipinski definition) is 4. The van der Waals surface area contributed by atoms with Crippen LogP contribution in [0.2, 0.25) is 5.15 Å². The van der Waals surface area contributed by atoms with Crippen molar-refractivity contribution in [3.05, 3.63) is 21.1 Å². The summed E-state index contributed by atoms with van der Waals surface area (Å²) in [5.74, 6) is -0.355. The Morgan fingerprint density at radius 3 is 2.67 bits per heavy atom. The van der Waals surface area contributed by atoms with Crippen LogP contribution < -0.4 is 11.0 Å². The van der Waals surface area contributed by atoms with E-state index in [2.05, 4.69) is 4.98 Å². The van der Waals surface area contributed by atoms with Crippen LogP contribution in [0.5, 0.6) is 5.75 Å². The summed E-state index contributed by atoms with van der Waals surface area (Å²) in [4.78, 5) is 13.1. The van der Waals surface area contributed by atoms with Crippen molar-refractivity contribution in [1.82, 2.24) is 4.98 Å². The SMILES string of the molecule is Cc1c(Cl)[nH]c(=O)c(NO)c1O. The Kier molecular flexibility index (Phi) is 2.25. The average Bonchev–Trinajstić information content (AvgIpc) is 2.01. The maximum absolute atomic E-state index is 10.9. The van der Waals surface area contributed by atoms with Crippen molar-refractivity contribution in [3.63, 3.8) is 0 Å². The number of H-pyrrole nitrogens is 1. The molecule has 1 heterocycles. The smallest absolute Gasteiger partial charge is 0.278 e. The van der Waals surface area contributed by atoms with Crippen molar-refractivity contribution in [2.45, 2.75) is 6.92 Å². The summed E-state index contributed by atoms with van der Waals surface area (Å²) in [7, 11) is 0. The molecule has 0 fully saturated rings. The lowest BCUT2D eigenvalue weighted by molar-refractivity contribution is 0.379. The minimum absolute atomic E-state index is 0.0523. The van der Waals surface area contributed by atoms with E-state index >= 15 is 0 Å². The molecule has 0 bridgehead atoms. The van der Waals surface area contributed by atoms with Crippen LogP contribution in [-0.2, 0) is 0 Å². The molecule has 0 atom stereocenters. The van der Waals surface area contributed by atoms with Crippen LogP contribution >= 0.6 is 11.6 Å². The van der Waals surface area contributed by atoms with Crippen LogP contribution in [0.15, 0.2) is 4.79 Å². The highest BCUT2D eigenvalue weighted by Crippen LogP contribution is 2.26. The van der Waals surface area contributed by atoms with E-state index in [1.807, 2.05) is 0 Å². The van der Waals surface area contributed by atoms with Gasteiger partial charge in [-0.1, -0.05) is 11.6 Å². The largest absolute Gasteiger partial charge is 0.505 e. The van der Waals surface area contributed by atoms with Gasteiger partial charge in [-0.25, -0.2) is 0 Å². The fourth-order valence-electron chi connectivity index (χ4n) is 0.759. The second kappa shape index (κ2) is 3.04. The van der Waals surface area contributed by atoms with Gasteiger partial charge < -0.3 is 10.1 Å². The molecule has 0 aliphatic carbocycles. The molecule has 6 heteroatoms. The van der Waals surface area contributed by atoms with Crippen molar-refractivity contribution < 1.29 is 10.3 Å². The van der Waals surface area contributed by atoms with Gasteiger partial charge >= 0.3 is 0 Å². The van der Waals surface area contributed by atoms with Crippen molar-refractivity contribution in [2.24, 2.45) is 0 Å². The van der Waals surface area contributed by atoms with Crippen molar-refractivity contribution >= 4 is 17.3 Å². The van der Waals surface area contributed by atoms with Gasteiger partial charge in [0.2, 0.25) is 0 Å². The van der Waals surface area contributed by atoms with E-state index in [0.717, 1.165) is 0 Å². The van der Waals surface area contributed by atoms with Gasteiger partial charge in [-0.05, 0) is 6.92 Å². The van der Waals surface area contributed by atoms with Gasteiger partial charge in [0.1, 0.15) is 5.15 Å². The van der Waals surface area contributed by atoms with Gasteiger partial charge in [0.15, 0.2) is 11.4 Å². The predicted molar refractivity (Wildman–Crippen MR) is 43.9 cm³/mol. The number of anilines is 1. The van der Waals surface area contributed by atoms with Crippen molar-refractivity contribution in [1.29, 1.82) is 0 Å². The third-order valence-electron chi connectivity index (χ3n) is 1.48. The number of halogens is 1. The highest BCUT2D eigenvalue weighted by molar-refractivity contribution is 6.30. The van der Waals surface area contributed by atoms with E-state index in [4.69, 9.17) is 16.8 Å². The molecule has 0 spiro atoms. The van der Waals surface area contributed by atoms with Crippen LogP contribution in [-0.4, -0.2) is 15.3 Å². The molecule has 0 aromatic carbocycles. The number of nitrogens with one attached hydrogen (secondary N) is 2. The summed E-state index contributed by atoms with van der Waals surface area (Å²) >= 11 is 5.52. The van der Waals surface area contributed by atoms with Crippen LogP contribution in [0, 0.1) is 6.92 Å². The normalized spacial score (nSPS) is 9.92. The zero-order valence-electron chi connectivity index (χ0n) is 6.18. The molecule has 4 N–H and O–H groups in total. The number of aromatic nitrogens is 1. The molecule has 1 aromatic rings. The molecule has 0 saturated carbocycles. The zero-order chi connectivity index (χ0) is 9.30. The quantitative estimate of drug-likeness (QED) is 0.391. The summed E-state index contributed by atoms with van der Waals surface area (Å²) in [6, 6.07) is 0. The Morgan fingerprint density at radius 1 is 1.58 bits per heavy atom. The summed E-state index contributed by atoms with van der Waals surface area (Å²) in [5, 5.41) is 17.7. The molecule has 5 nitrogen and oxygen atoms in total. The van der Waals surface area contributed by atoms with E-state index in [0.29, 0.717) is 5.56 Å². The standard InChI is InChI=1S/C6H7ClN2O3/c1-2-4(10)3(9-12)6(11)8-5(2)7/h9,12H,1H3,(H2,8,10,11). The second-order valence-corrected chi connectivity index (χ2v) is 2.61. The lowest BCUT2D eigenvalue weighted by atomic mass is 10.2. The maximum atomic E-state index is 10.9. The van der Waals surface area contributed by atoms with E-state index < -0.39 is 5.56 Å². The highest BCUT2D eigenvalue weighted by atomic mass is 35.5. The first kappa shape index (κ1) is 8.89. The molecular weight excluding hydrogens is 184 g/mol. The Balaban J connectivity index is 3.52. The Hall–Kier alpha value is -1.20. The van der Waals surface area contributed by atoms with E-state index in [-0.39, 0.29) is 16.6 Å². The molecule has 0 unspecified atom stereocenters. The Morgan fingerprint density at radius 2 is 2.17 bits per heavy atom. The topological polar surface area (TPSA) is 85.4 Å². The first-order chi connectivity index (χ1) is 5.57. The Bertz CT molecular complexity index is 361. The number of rotatable bonds is 1. The minimum Gasteiger partial charge on any atom is -0.505 e. The number of pyridine rings is 1.